The number of rotatable bonds is 3. The fourth-order valence-corrected chi connectivity index (χ4v) is 2.58. The molecule has 0 aliphatic heterocycles. The molecule has 3 rings (SSSR count). The van der Waals surface area contributed by atoms with Crippen molar-refractivity contribution in [1.29, 1.82) is 0 Å². The van der Waals surface area contributed by atoms with Crippen LogP contribution >= 0.6 is 31.8 Å². The van der Waals surface area contributed by atoms with E-state index in [9.17, 15) is 0 Å². The predicted octanol–water partition coefficient (Wildman–Crippen LogP) is 2.51. The number of imidazole rings is 1. The number of nitrogens with one attached hydrogen (secondary N) is 2. The van der Waals surface area contributed by atoms with Gasteiger partial charge in [-0.2, -0.15) is 0 Å². The first-order chi connectivity index (χ1) is 10.2. The van der Waals surface area contributed by atoms with Crippen LogP contribution in [0.15, 0.2) is 35.3 Å². The maximum atomic E-state index is 5.53. The van der Waals surface area contributed by atoms with Crippen LogP contribution in [0.3, 0.4) is 0 Å². The van der Waals surface area contributed by atoms with E-state index in [-0.39, 0.29) is 0 Å². The Morgan fingerprint density at radius 1 is 1.33 bits per heavy atom. The monoisotopic (exact) mass is 410 g/mol. The lowest BCUT2D eigenvalue weighted by atomic mass is 10.2. The van der Waals surface area contributed by atoms with Gasteiger partial charge in [0.25, 0.3) is 0 Å². The van der Waals surface area contributed by atoms with E-state index in [2.05, 4.69) is 57.2 Å². The molecule has 8 heteroatoms. The van der Waals surface area contributed by atoms with Gasteiger partial charge < -0.3 is 10.4 Å². The van der Waals surface area contributed by atoms with Crippen molar-refractivity contribution < 1.29 is 0 Å². The highest BCUT2D eigenvalue weighted by molar-refractivity contribution is 14.1. The summed E-state index contributed by atoms with van der Waals surface area (Å²) in [6, 6.07) is 9.54. The van der Waals surface area contributed by atoms with Gasteiger partial charge in [0.05, 0.1) is 32.1 Å². The van der Waals surface area contributed by atoms with Crippen molar-refractivity contribution in [2.75, 3.05) is 5.43 Å². The minimum Gasteiger partial charge on any atom is -0.337 e. The molecule has 3 aromatic rings. The third kappa shape index (κ3) is 2.90. The Bertz CT molecular complexity index is 829. The lowest BCUT2D eigenvalue weighted by molar-refractivity contribution is 1.26. The minimum atomic E-state index is 0.716. The Labute approximate surface area is 137 Å². The molecule has 4 N–H and O–H groups in total. The number of anilines is 1. The number of aromatic amines is 1. The van der Waals surface area contributed by atoms with Crippen LogP contribution in [0.2, 0.25) is 0 Å². The molecule has 1 unspecified atom stereocenters. The molecule has 1 aromatic carbocycles. The molecule has 1 atom stereocenters. The molecule has 0 saturated heterocycles. The van der Waals surface area contributed by atoms with E-state index in [4.69, 9.17) is 5.84 Å². The normalized spacial score (nSPS) is 11.4. The van der Waals surface area contributed by atoms with Crippen LogP contribution in [0, 0.1) is 0 Å². The van der Waals surface area contributed by atoms with Crippen LogP contribution in [0.5, 0.6) is 0 Å². The van der Waals surface area contributed by atoms with Gasteiger partial charge in [0.2, 0.25) is 0 Å². The van der Waals surface area contributed by atoms with Gasteiger partial charge in [-0.1, -0.05) is 15.3 Å². The van der Waals surface area contributed by atoms with Crippen molar-refractivity contribution in [2.24, 2.45) is 10.8 Å². The Hall–Kier alpha value is -1.57. The molecule has 0 bridgehead atoms. The molecule has 0 aliphatic carbocycles. The molecule has 0 fully saturated rings. The van der Waals surface area contributed by atoms with Gasteiger partial charge in [-0.25, -0.2) is 15.0 Å². The highest BCUT2D eigenvalue weighted by Gasteiger charge is 2.10. The van der Waals surface area contributed by atoms with E-state index in [1.165, 1.54) is 0 Å². The zero-order valence-corrected chi connectivity index (χ0v) is 14.2. The first kappa shape index (κ1) is 14.4. The lowest BCUT2D eigenvalue weighted by Gasteiger charge is -2.03. The number of aliphatic imine (C=N–C) groups is 1. The predicted molar refractivity (Wildman–Crippen MR) is 98.7 cm³/mol. The molecule has 21 heavy (non-hydrogen) atoms. The standard InChI is InChI=1S/C13H12IN6P/c14-6-16-8-4-9-10(5-11(8)20-15)19-13(18-9)7-2-1-3-12(21)17-7/h1-6,20H,15,21H2,(H,18,19)/b16-6+. The van der Waals surface area contributed by atoms with Crippen LogP contribution in [0.4, 0.5) is 11.4 Å². The Kier molecular flexibility index (Phi) is 4.14. The summed E-state index contributed by atoms with van der Waals surface area (Å²) in [6.45, 7) is 0. The van der Waals surface area contributed by atoms with Crippen LogP contribution in [-0.4, -0.2) is 19.2 Å². The number of hydrazine groups is 1. The molecular formula is C13H12IN6P. The second kappa shape index (κ2) is 6.05. The number of pyridine rings is 1. The summed E-state index contributed by atoms with van der Waals surface area (Å²) in [4.78, 5) is 16.5. The van der Waals surface area contributed by atoms with E-state index < -0.39 is 0 Å². The van der Waals surface area contributed by atoms with Gasteiger partial charge in [-0.3, -0.25) is 5.84 Å². The summed E-state index contributed by atoms with van der Waals surface area (Å²) < 4.78 is 1.69. The molecule has 0 saturated carbocycles. The molecular weight excluding hydrogens is 398 g/mol. The number of nitrogen functional groups attached to an aromatic ring is 1. The summed E-state index contributed by atoms with van der Waals surface area (Å²) >= 11 is 2.07. The summed E-state index contributed by atoms with van der Waals surface area (Å²) in [5.41, 5.74) is 7.47. The average molecular weight is 410 g/mol. The van der Waals surface area contributed by atoms with Crippen molar-refractivity contribution >= 4 is 63.9 Å². The van der Waals surface area contributed by atoms with Crippen molar-refractivity contribution in [2.45, 2.75) is 0 Å². The highest BCUT2D eigenvalue weighted by atomic mass is 127. The third-order valence-corrected chi connectivity index (χ3v) is 3.56. The maximum Gasteiger partial charge on any atom is 0.157 e. The Morgan fingerprint density at radius 2 is 2.19 bits per heavy atom. The fraction of sp³-hybridized carbons (Fsp3) is 0. The number of H-pyrrole nitrogens is 1. The molecule has 2 aromatic heterocycles. The molecule has 6 nitrogen and oxygen atoms in total. The van der Waals surface area contributed by atoms with Gasteiger partial charge in [-0.15, -0.1) is 0 Å². The molecule has 0 radical (unpaired) electrons. The summed E-state index contributed by atoms with van der Waals surface area (Å²) in [5.74, 6) is 6.25. The zero-order chi connectivity index (χ0) is 14.8. The first-order valence-corrected chi connectivity index (χ1v) is 7.89. The number of nitrogens with zero attached hydrogens (tertiary/aromatic N) is 3. The van der Waals surface area contributed by atoms with Crippen molar-refractivity contribution in [3.05, 3.63) is 30.3 Å². The zero-order valence-electron chi connectivity index (χ0n) is 10.8. The van der Waals surface area contributed by atoms with Gasteiger partial charge >= 0.3 is 0 Å². The van der Waals surface area contributed by atoms with Crippen LogP contribution in [0.1, 0.15) is 0 Å². The van der Waals surface area contributed by atoms with Gasteiger partial charge in [0.1, 0.15) is 5.69 Å². The van der Waals surface area contributed by atoms with E-state index >= 15 is 0 Å². The van der Waals surface area contributed by atoms with E-state index in [1.54, 1.807) is 4.22 Å². The number of halogens is 1. The van der Waals surface area contributed by atoms with Crippen molar-refractivity contribution in [1.82, 2.24) is 15.0 Å². The summed E-state index contributed by atoms with van der Waals surface area (Å²) in [5, 5.41) is 0. The van der Waals surface area contributed by atoms with Crippen LogP contribution < -0.4 is 16.7 Å². The van der Waals surface area contributed by atoms with Crippen LogP contribution in [0.25, 0.3) is 22.6 Å². The van der Waals surface area contributed by atoms with Crippen LogP contribution in [-0.2, 0) is 0 Å². The lowest BCUT2D eigenvalue weighted by Crippen LogP contribution is -2.06. The highest BCUT2D eigenvalue weighted by Crippen LogP contribution is 2.30. The second-order valence-corrected chi connectivity index (χ2v) is 5.44. The second-order valence-electron chi connectivity index (χ2n) is 4.29. The van der Waals surface area contributed by atoms with Gasteiger partial charge in [-0.05, 0) is 46.9 Å². The number of hydrogen-bond acceptors (Lipinski definition) is 5. The number of aromatic nitrogens is 3. The Morgan fingerprint density at radius 3 is 2.90 bits per heavy atom. The molecule has 0 amide bonds. The first-order valence-electron chi connectivity index (χ1n) is 6.07. The smallest absolute Gasteiger partial charge is 0.157 e. The van der Waals surface area contributed by atoms with E-state index in [0.717, 1.165) is 33.5 Å². The summed E-state index contributed by atoms with van der Waals surface area (Å²) in [6.07, 6.45) is 0. The van der Waals surface area contributed by atoms with E-state index in [0.29, 0.717) is 5.82 Å². The molecule has 2 heterocycles. The van der Waals surface area contributed by atoms with Crippen molar-refractivity contribution in [3.63, 3.8) is 0 Å². The number of hydrogen-bond donors (Lipinski definition) is 3. The third-order valence-electron chi connectivity index (χ3n) is 2.96. The van der Waals surface area contributed by atoms with Gasteiger partial charge in [0, 0.05) is 0 Å². The molecule has 106 valence electrons. The molecule has 0 spiro atoms. The average Bonchev–Trinajstić information content (AvgIpc) is 2.89. The van der Waals surface area contributed by atoms with E-state index in [1.807, 2.05) is 30.3 Å². The SMILES string of the molecule is NNc1cc2nc(-c3cccc(P)n3)[nH]c2cc1/N=C/I. The maximum absolute atomic E-state index is 5.53. The quantitative estimate of drug-likeness (QED) is 0.204. The summed E-state index contributed by atoms with van der Waals surface area (Å²) in [7, 11) is 2.58. The van der Waals surface area contributed by atoms with Crippen molar-refractivity contribution in [3.8, 4) is 11.5 Å². The number of fused-ring (bicyclic) bond motifs is 1. The number of benzene rings is 1. The minimum absolute atomic E-state index is 0.716. The van der Waals surface area contributed by atoms with Gasteiger partial charge in [0.15, 0.2) is 5.82 Å². The largest absolute Gasteiger partial charge is 0.337 e. The number of nitrogens with two attached hydrogens (primary N) is 1. The molecule has 0 aliphatic rings. The Balaban J connectivity index is 2.16. The topological polar surface area (TPSA) is 92.0 Å². The fourth-order valence-electron chi connectivity index (χ4n) is 2.03.